The molecule has 0 unspecified atom stereocenters. The van der Waals surface area contributed by atoms with Crippen LogP contribution in [0.25, 0.3) is 0 Å². The number of benzene rings is 2. The standard InChI is InChI=1S/C17H20O5S/c1-2-11-17(12-23(20,21)22,13-3-7-15(18)8-4-13)14-5-9-16(19)10-6-14/h3-10,18-19H,2,11-12H2,1H3,(H,20,21,22). The molecule has 23 heavy (non-hydrogen) atoms. The summed E-state index contributed by atoms with van der Waals surface area (Å²) in [6.07, 6.45) is 1.18. The van der Waals surface area contributed by atoms with Crippen LogP contribution in [0.2, 0.25) is 0 Å². The molecule has 0 fully saturated rings. The van der Waals surface area contributed by atoms with Gasteiger partial charge in [0.25, 0.3) is 10.1 Å². The van der Waals surface area contributed by atoms with Gasteiger partial charge in [-0.25, -0.2) is 0 Å². The SMILES string of the molecule is CCCC(CS(=O)(=O)O)(c1ccc(O)cc1)c1ccc(O)cc1. The largest absolute Gasteiger partial charge is 0.508 e. The van der Waals surface area contributed by atoms with E-state index < -0.39 is 21.3 Å². The Morgan fingerprint density at radius 2 is 1.26 bits per heavy atom. The van der Waals surface area contributed by atoms with Gasteiger partial charge in [0.2, 0.25) is 0 Å². The minimum Gasteiger partial charge on any atom is -0.508 e. The average molecular weight is 336 g/mol. The first-order valence-electron chi connectivity index (χ1n) is 7.31. The summed E-state index contributed by atoms with van der Waals surface area (Å²) in [6.45, 7) is 1.93. The molecule has 0 atom stereocenters. The number of phenols is 2. The zero-order valence-corrected chi connectivity index (χ0v) is 13.6. The van der Waals surface area contributed by atoms with E-state index in [0.29, 0.717) is 24.0 Å². The molecule has 0 heterocycles. The topological polar surface area (TPSA) is 94.8 Å². The smallest absolute Gasteiger partial charge is 0.266 e. The fourth-order valence-corrected chi connectivity index (χ4v) is 4.09. The molecule has 0 aliphatic carbocycles. The first-order chi connectivity index (χ1) is 10.8. The summed E-state index contributed by atoms with van der Waals surface area (Å²) >= 11 is 0. The molecule has 0 bridgehead atoms. The summed E-state index contributed by atoms with van der Waals surface area (Å²) in [4.78, 5) is 0. The van der Waals surface area contributed by atoms with Crippen LogP contribution in [0.15, 0.2) is 48.5 Å². The predicted octanol–water partition coefficient (Wildman–Crippen LogP) is 3.07. The Morgan fingerprint density at radius 1 is 0.870 bits per heavy atom. The van der Waals surface area contributed by atoms with Gasteiger partial charge >= 0.3 is 0 Å². The van der Waals surface area contributed by atoms with Crippen molar-refractivity contribution in [2.75, 3.05) is 5.75 Å². The third kappa shape index (κ3) is 4.03. The van der Waals surface area contributed by atoms with Crippen LogP contribution >= 0.6 is 0 Å². The van der Waals surface area contributed by atoms with E-state index in [4.69, 9.17) is 0 Å². The zero-order valence-electron chi connectivity index (χ0n) is 12.8. The molecule has 5 nitrogen and oxygen atoms in total. The monoisotopic (exact) mass is 336 g/mol. The second-order valence-corrected chi connectivity index (χ2v) is 7.10. The second kappa shape index (κ2) is 6.60. The highest BCUT2D eigenvalue weighted by Crippen LogP contribution is 2.39. The van der Waals surface area contributed by atoms with Crippen LogP contribution in [-0.4, -0.2) is 28.9 Å². The summed E-state index contributed by atoms with van der Waals surface area (Å²) in [6, 6.07) is 12.6. The molecule has 124 valence electrons. The van der Waals surface area contributed by atoms with E-state index in [1.54, 1.807) is 24.3 Å². The average Bonchev–Trinajstić information content (AvgIpc) is 2.46. The fourth-order valence-electron chi connectivity index (χ4n) is 2.99. The molecule has 0 saturated heterocycles. The summed E-state index contributed by atoms with van der Waals surface area (Å²) in [5, 5.41) is 19.0. The molecule has 3 N–H and O–H groups in total. The quantitative estimate of drug-likeness (QED) is 0.705. The highest BCUT2D eigenvalue weighted by molar-refractivity contribution is 7.85. The van der Waals surface area contributed by atoms with Crippen LogP contribution in [0.1, 0.15) is 30.9 Å². The lowest BCUT2D eigenvalue weighted by molar-refractivity contribution is 0.443. The van der Waals surface area contributed by atoms with E-state index in [0.717, 1.165) is 0 Å². The van der Waals surface area contributed by atoms with Gasteiger partial charge in [0, 0.05) is 5.41 Å². The van der Waals surface area contributed by atoms with Crippen molar-refractivity contribution in [3.8, 4) is 11.5 Å². The maximum Gasteiger partial charge on any atom is 0.266 e. The van der Waals surface area contributed by atoms with Crippen LogP contribution in [-0.2, 0) is 15.5 Å². The van der Waals surface area contributed by atoms with Gasteiger partial charge in [-0.15, -0.1) is 0 Å². The molecule has 0 aliphatic heterocycles. The molecule has 0 spiro atoms. The van der Waals surface area contributed by atoms with Crippen molar-refractivity contribution < 1.29 is 23.2 Å². The van der Waals surface area contributed by atoms with E-state index in [1.165, 1.54) is 24.3 Å². The highest BCUT2D eigenvalue weighted by atomic mass is 32.2. The van der Waals surface area contributed by atoms with Gasteiger partial charge in [0.15, 0.2) is 0 Å². The molecule has 0 aliphatic rings. The lowest BCUT2D eigenvalue weighted by Gasteiger charge is -2.34. The number of rotatable bonds is 6. The molecule has 0 amide bonds. The van der Waals surface area contributed by atoms with E-state index in [-0.39, 0.29) is 11.5 Å². The number of phenolic OH excluding ortho intramolecular Hbond substituents is 2. The molecular weight excluding hydrogens is 316 g/mol. The first kappa shape index (κ1) is 17.3. The normalized spacial score (nSPS) is 12.3. The van der Waals surface area contributed by atoms with Gasteiger partial charge in [0.1, 0.15) is 11.5 Å². The number of hydrogen-bond donors (Lipinski definition) is 3. The van der Waals surface area contributed by atoms with E-state index in [2.05, 4.69) is 0 Å². The summed E-state index contributed by atoms with van der Waals surface area (Å²) in [7, 11) is -4.25. The maximum absolute atomic E-state index is 11.7. The van der Waals surface area contributed by atoms with Gasteiger partial charge in [-0.05, 0) is 41.8 Å². The Labute approximate surface area is 136 Å². The lowest BCUT2D eigenvalue weighted by Crippen LogP contribution is -2.35. The molecule has 2 aromatic carbocycles. The minimum atomic E-state index is -4.25. The van der Waals surface area contributed by atoms with Gasteiger partial charge in [0.05, 0.1) is 5.75 Å². The van der Waals surface area contributed by atoms with Crippen LogP contribution in [0.5, 0.6) is 11.5 Å². The summed E-state index contributed by atoms with van der Waals surface area (Å²) in [5.74, 6) is -0.308. The van der Waals surface area contributed by atoms with Crippen molar-refractivity contribution in [3.63, 3.8) is 0 Å². The Kier molecular flexibility index (Phi) is 4.97. The highest BCUT2D eigenvalue weighted by Gasteiger charge is 2.37. The molecular formula is C17H20O5S. The molecule has 2 rings (SSSR count). The summed E-state index contributed by atoms with van der Waals surface area (Å²) in [5.41, 5.74) is 0.407. The van der Waals surface area contributed by atoms with Gasteiger partial charge in [-0.3, -0.25) is 4.55 Å². The Hall–Kier alpha value is -2.05. The van der Waals surface area contributed by atoms with Crippen molar-refractivity contribution in [1.82, 2.24) is 0 Å². The van der Waals surface area contributed by atoms with Crippen molar-refractivity contribution in [2.45, 2.75) is 25.2 Å². The van der Waals surface area contributed by atoms with Crippen molar-refractivity contribution >= 4 is 10.1 Å². The second-order valence-electron chi connectivity index (χ2n) is 5.65. The predicted molar refractivity (Wildman–Crippen MR) is 88.3 cm³/mol. The Balaban J connectivity index is 2.68. The van der Waals surface area contributed by atoms with Gasteiger partial charge < -0.3 is 10.2 Å². The van der Waals surface area contributed by atoms with Crippen LogP contribution in [0, 0.1) is 0 Å². The lowest BCUT2D eigenvalue weighted by atomic mass is 9.73. The zero-order chi connectivity index (χ0) is 17.1. The molecule has 0 saturated carbocycles. The van der Waals surface area contributed by atoms with Crippen molar-refractivity contribution in [1.29, 1.82) is 0 Å². The van der Waals surface area contributed by atoms with Crippen molar-refractivity contribution in [3.05, 3.63) is 59.7 Å². The Morgan fingerprint density at radius 3 is 1.57 bits per heavy atom. The summed E-state index contributed by atoms with van der Waals surface area (Å²) < 4.78 is 32.8. The van der Waals surface area contributed by atoms with E-state index in [1.807, 2.05) is 6.92 Å². The number of hydrogen-bond acceptors (Lipinski definition) is 4. The molecule has 6 heteroatoms. The van der Waals surface area contributed by atoms with Gasteiger partial charge in [-0.2, -0.15) is 8.42 Å². The molecule has 0 aromatic heterocycles. The van der Waals surface area contributed by atoms with E-state index >= 15 is 0 Å². The van der Waals surface area contributed by atoms with Crippen LogP contribution in [0.3, 0.4) is 0 Å². The third-order valence-electron chi connectivity index (χ3n) is 3.95. The maximum atomic E-state index is 11.7. The van der Waals surface area contributed by atoms with Gasteiger partial charge in [-0.1, -0.05) is 37.6 Å². The molecule has 2 aromatic rings. The van der Waals surface area contributed by atoms with E-state index in [9.17, 15) is 23.2 Å². The number of aromatic hydroxyl groups is 2. The fraction of sp³-hybridized carbons (Fsp3) is 0.294. The first-order valence-corrected chi connectivity index (χ1v) is 8.92. The molecule has 0 radical (unpaired) electrons. The Bertz CT molecular complexity index is 703. The van der Waals surface area contributed by atoms with Crippen molar-refractivity contribution in [2.24, 2.45) is 0 Å². The van der Waals surface area contributed by atoms with Crippen LogP contribution < -0.4 is 0 Å². The minimum absolute atomic E-state index is 0.0803. The third-order valence-corrected chi connectivity index (χ3v) is 4.80. The van der Waals surface area contributed by atoms with Crippen LogP contribution in [0.4, 0.5) is 0 Å².